The van der Waals surface area contributed by atoms with Crippen LogP contribution >= 0.6 is 0 Å². The van der Waals surface area contributed by atoms with Gasteiger partial charge in [0, 0.05) is 11.4 Å². The molecule has 292 valence electrons. The Kier molecular flexibility index (Phi) is 23.4. The van der Waals surface area contributed by atoms with Crippen LogP contribution in [0.15, 0.2) is 82.1 Å². The number of allylic oxidation sites excluding steroid dienone is 4. The number of aliphatic imine (C=N–C) groups is 2. The fraction of sp³-hybridized carbons (Fsp3) is 0.375. The summed E-state index contributed by atoms with van der Waals surface area (Å²) < 4.78 is 0. The molecule has 4 aromatic carbocycles. The molecule has 0 aliphatic carbocycles. The van der Waals surface area contributed by atoms with Gasteiger partial charge in [-0.1, -0.05) is 141 Å². The summed E-state index contributed by atoms with van der Waals surface area (Å²) in [5, 5.41) is 9.64. The van der Waals surface area contributed by atoms with Gasteiger partial charge in [-0.15, -0.1) is 11.4 Å². The maximum absolute atomic E-state index is 9.67. The molecular weight excluding hydrogens is 725 g/mol. The van der Waals surface area contributed by atoms with Gasteiger partial charge in [-0.3, -0.25) is 9.98 Å². The van der Waals surface area contributed by atoms with Crippen LogP contribution in [0.1, 0.15) is 95.9 Å². The van der Waals surface area contributed by atoms with Gasteiger partial charge in [-0.05, 0) is 119 Å². The Morgan fingerprint density at radius 2 is 0.661 bits per heavy atom. The largest absolute Gasteiger partial charge is 2.00 e. The third-order valence-electron chi connectivity index (χ3n) is 8.53. The van der Waals surface area contributed by atoms with E-state index in [2.05, 4.69) is 144 Å². The minimum atomic E-state index is -1.39. The standard InChI is InChI=1S/2C23H29N2.C2H7OSi.2Mg.H/c2*1-14-9-16(3)22(17(4)10-14)24-20(7)13-21(8)25-23-18(5)11-15(2)12-19(23)6;1-4(2)3;;;/h2*9-13H,1-8H3;4H,1-2H3;;;/q3*-1;2*+2;-1/b2*20-13-,25-21?;;;;. The molecule has 0 bridgehead atoms. The third-order valence-corrected chi connectivity index (χ3v) is 8.53. The van der Waals surface area contributed by atoms with Gasteiger partial charge >= 0.3 is 46.1 Å². The Morgan fingerprint density at radius 1 is 0.464 bits per heavy atom. The molecule has 0 heterocycles. The zero-order chi connectivity index (χ0) is 41.0. The Hall–Kier alpha value is -2.99. The average molecular weight is 792 g/mol. The summed E-state index contributed by atoms with van der Waals surface area (Å²) in [7, 11) is -1.39. The van der Waals surface area contributed by atoms with Crippen molar-refractivity contribution in [2.45, 2.75) is 124 Å². The molecular formula is C48H66Mg2N4OSi. The second-order valence-electron chi connectivity index (χ2n) is 15.3. The SMILES string of the molecule is CC(/C=C(/C)[N-]c1c(C)cc(C)cc1C)=Nc1c(C)cc(C)cc1C.CC(/C=C(/C)[N-]c1c(C)cc(C)cc1C)=Nc1c(C)cc(C)cc1C.C[SiH](C)[O-].[H-].[Mg+2].[Mg+2]. The van der Waals surface area contributed by atoms with Gasteiger partial charge in [0.25, 0.3) is 0 Å². The van der Waals surface area contributed by atoms with Crippen molar-refractivity contribution in [3.05, 3.63) is 149 Å². The van der Waals surface area contributed by atoms with Gasteiger partial charge in [-0.2, -0.15) is 11.4 Å². The van der Waals surface area contributed by atoms with Crippen molar-refractivity contribution in [2.24, 2.45) is 9.98 Å². The van der Waals surface area contributed by atoms with E-state index in [1.807, 2.05) is 27.7 Å². The molecule has 0 aliphatic rings. The van der Waals surface area contributed by atoms with E-state index in [1.165, 1.54) is 66.8 Å². The van der Waals surface area contributed by atoms with Crippen LogP contribution in [0.4, 0.5) is 22.7 Å². The van der Waals surface area contributed by atoms with E-state index in [1.54, 1.807) is 13.1 Å². The minimum Gasteiger partial charge on any atom is -1.00 e. The van der Waals surface area contributed by atoms with E-state index >= 15 is 0 Å². The molecule has 0 N–H and O–H groups in total. The van der Waals surface area contributed by atoms with Gasteiger partial charge in [0.1, 0.15) is 0 Å². The zero-order valence-corrected chi connectivity index (χ0v) is 41.9. The number of aryl methyl sites for hydroxylation is 12. The van der Waals surface area contributed by atoms with E-state index in [0.717, 1.165) is 45.6 Å². The van der Waals surface area contributed by atoms with E-state index in [0.29, 0.717) is 0 Å². The predicted octanol–water partition coefficient (Wildman–Crippen LogP) is 13.2. The van der Waals surface area contributed by atoms with E-state index in [4.69, 9.17) is 20.6 Å². The summed E-state index contributed by atoms with van der Waals surface area (Å²) >= 11 is 0. The smallest absolute Gasteiger partial charge is 1.00 e. The van der Waals surface area contributed by atoms with Gasteiger partial charge in [0.05, 0.1) is 11.4 Å². The number of rotatable bonds is 8. The van der Waals surface area contributed by atoms with E-state index in [9.17, 15) is 4.80 Å². The van der Waals surface area contributed by atoms with E-state index < -0.39 is 9.04 Å². The first-order valence-electron chi connectivity index (χ1n) is 19.0. The molecule has 4 rings (SSSR count). The summed E-state index contributed by atoms with van der Waals surface area (Å²) in [6.07, 6.45) is 4.11. The van der Waals surface area contributed by atoms with Crippen LogP contribution in [0.2, 0.25) is 13.1 Å². The Morgan fingerprint density at radius 3 is 0.875 bits per heavy atom. The summed E-state index contributed by atoms with van der Waals surface area (Å²) in [4.78, 5) is 19.3. The van der Waals surface area contributed by atoms with Crippen LogP contribution in [-0.2, 0) is 0 Å². The van der Waals surface area contributed by atoms with Crippen LogP contribution in [-0.4, -0.2) is 66.6 Å². The maximum Gasteiger partial charge on any atom is 2.00 e. The monoisotopic (exact) mass is 790 g/mol. The molecule has 56 heavy (non-hydrogen) atoms. The van der Waals surface area contributed by atoms with Crippen molar-refractivity contribution in [1.82, 2.24) is 0 Å². The van der Waals surface area contributed by atoms with Crippen molar-refractivity contribution < 1.29 is 6.22 Å². The fourth-order valence-corrected chi connectivity index (χ4v) is 6.83. The predicted molar refractivity (Wildman–Crippen MR) is 253 cm³/mol. The molecule has 4 aromatic rings. The van der Waals surface area contributed by atoms with Gasteiger partial charge in [0.2, 0.25) is 0 Å². The molecule has 0 saturated carbocycles. The van der Waals surface area contributed by atoms with Crippen LogP contribution in [0.3, 0.4) is 0 Å². The molecule has 0 atom stereocenters. The number of hydrogen-bond acceptors (Lipinski definition) is 3. The topological polar surface area (TPSA) is 76.0 Å². The molecule has 0 spiro atoms. The minimum absolute atomic E-state index is 0. The molecule has 0 saturated heterocycles. The first kappa shape index (κ1) is 53.0. The van der Waals surface area contributed by atoms with Crippen LogP contribution in [0, 0.1) is 83.1 Å². The average Bonchev–Trinajstić information content (AvgIpc) is 3.00. The number of benzene rings is 4. The van der Waals surface area contributed by atoms with Crippen molar-refractivity contribution in [1.29, 1.82) is 0 Å². The van der Waals surface area contributed by atoms with Crippen molar-refractivity contribution in [3.63, 3.8) is 0 Å². The van der Waals surface area contributed by atoms with Crippen LogP contribution in [0.25, 0.3) is 10.6 Å². The molecule has 0 unspecified atom stereocenters. The summed E-state index contributed by atoms with van der Waals surface area (Å²) in [6.45, 7) is 37.1. The van der Waals surface area contributed by atoms with Gasteiger partial charge < -0.3 is 16.9 Å². The third kappa shape index (κ3) is 17.7. The normalized spacial score (nSPS) is 11.8. The Bertz CT molecular complexity index is 1840. The molecule has 0 fully saturated rings. The molecule has 0 aromatic heterocycles. The first-order valence-corrected chi connectivity index (χ1v) is 21.7. The molecule has 0 aliphatic heterocycles. The summed E-state index contributed by atoms with van der Waals surface area (Å²) in [5.74, 6) is 0. The maximum atomic E-state index is 9.67. The molecule has 0 radical (unpaired) electrons. The quantitative estimate of drug-likeness (QED) is 0.129. The number of nitrogens with zero attached hydrogens (tertiary/aromatic N) is 4. The zero-order valence-electron chi connectivity index (χ0n) is 39.0. The van der Waals surface area contributed by atoms with E-state index in [-0.39, 0.29) is 47.5 Å². The Balaban J connectivity index is 0. The fourth-order valence-electron chi connectivity index (χ4n) is 6.83. The van der Waals surface area contributed by atoms with Gasteiger partial charge in [-0.25, -0.2) is 0 Å². The molecule has 5 nitrogen and oxygen atoms in total. The van der Waals surface area contributed by atoms with Crippen LogP contribution < -0.4 is 4.80 Å². The van der Waals surface area contributed by atoms with Crippen LogP contribution in [0.5, 0.6) is 0 Å². The first-order chi connectivity index (χ1) is 25.1. The van der Waals surface area contributed by atoms with Crippen molar-refractivity contribution in [2.75, 3.05) is 0 Å². The Labute approximate surface area is 376 Å². The summed E-state index contributed by atoms with van der Waals surface area (Å²) in [6, 6.07) is 17.4. The molecule has 0 amide bonds. The second kappa shape index (κ2) is 24.7. The van der Waals surface area contributed by atoms with Gasteiger partial charge in [0.15, 0.2) is 0 Å². The summed E-state index contributed by atoms with van der Waals surface area (Å²) in [5.41, 5.74) is 23.0. The number of hydrogen-bond donors (Lipinski definition) is 0. The molecule has 8 heteroatoms. The van der Waals surface area contributed by atoms with Crippen molar-refractivity contribution in [3.8, 4) is 0 Å². The second-order valence-corrected chi connectivity index (χ2v) is 17.4. The van der Waals surface area contributed by atoms with Crippen molar-refractivity contribution >= 4 is 89.3 Å².